The molecule has 0 saturated carbocycles. The van der Waals surface area contributed by atoms with Gasteiger partial charge in [0, 0.05) is 25.3 Å². The molecule has 1 saturated heterocycles. The van der Waals surface area contributed by atoms with Crippen molar-refractivity contribution in [1.29, 1.82) is 0 Å². The molecule has 1 aliphatic heterocycles. The van der Waals surface area contributed by atoms with Gasteiger partial charge in [0.25, 0.3) is 0 Å². The molecule has 1 aliphatic rings. The number of pyridine rings is 1. The molecule has 1 fully saturated rings. The molecule has 0 aliphatic carbocycles. The van der Waals surface area contributed by atoms with Crippen molar-refractivity contribution in [2.24, 2.45) is 0 Å². The summed E-state index contributed by atoms with van der Waals surface area (Å²) in [6.07, 6.45) is 3.67. The fraction of sp³-hybridized carbons (Fsp3) is 0.538. The second-order valence-electron chi connectivity index (χ2n) is 4.89. The summed E-state index contributed by atoms with van der Waals surface area (Å²) in [5.74, 6) is -0.0578. The first-order chi connectivity index (χ1) is 8.58. The van der Waals surface area contributed by atoms with Crippen LogP contribution in [0.25, 0.3) is 0 Å². The van der Waals surface area contributed by atoms with Crippen molar-refractivity contribution in [3.63, 3.8) is 0 Å². The Bertz CT molecular complexity index is 409. The Balaban J connectivity index is 1.99. The maximum absolute atomic E-state index is 10.7. The lowest BCUT2D eigenvalue weighted by atomic mass is 10.0. The second kappa shape index (κ2) is 5.35. The second-order valence-corrected chi connectivity index (χ2v) is 4.89. The molecule has 1 aromatic rings. The van der Waals surface area contributed by atoms with E-state index in [1.807, 2.05) is 0 Å². The van der Waals surface area contributed by atoms with E-state index in [1.54, 1.807) is 12.1 Å². The minimum Gasteiger partial charge on any atom is -0.478 e. The third kappa shape index (κ3) is 2.79. The fourth-order valence-corrected chi connectivity index (χ4v) is 2.31. The van der Waals surface area contributed by atoms with Crippen LogP contribution >= 0.6 is 0 Å². The van der Waals surface area contributed by atoms with Crippen molar-refractivity contribution in [3.8, 4) is 0 Å². The average molecular weight is 249 g/mol. The molecule has 0 unspecified atom stereocenters. The van der Waals surface area contributed by atoms with Gasteiger partial charge in [-0.05, 0) is 39.1 Å². The number of carboxylic acid groups (broad SMARTS) is 1. The van der Waals surface area contributed by atoms with Gasteiger partial charge in [0.2, 0.25) is 0 Å². The van der Waals surface area contributed by atoms with E-state index in [4.69, 9.17) is 5.11 Å². The highest BCUT2D eigenvalue weighted by Gasteiger charge is 2.21. The van der Waals surface area contributed by atoms with Gasteiger partial charge in [-0.1, -0.05) is 0 Å². The van der Waals surface area contributed by atoms with Crippen LogP contribution in [0.3, 0.4) is 0 Å². The molecule has 18 heavy (non-hydrogen) atoms. The van der Waals surface area contributed by atoms with Gasteiger partial charge in [0.1, 0.15) is 5.82 Å². The quantitative estimate of drug-likeness (QED) is 0.875. The molecule has 2 rings (SSSR count). The van der Waals surface area contributed by atoms with E-state index in [0.717, 1.165) is 31.7 Å². The predicted molar refractivity (Wildman–Crippen MR) is 70.1 cm³/mol. The van der Waals surface area contributed by atoms with Crippen LogP contribution < -0.4 is 4.90 Å². The summed E-state index contributed by atoms with van der Waals surface area (Å²) in [5.41, 5.74) is 0.238. The van der Waals surface area contributed by atoms with Crippen LogP contribution in [0.2, 0.25) is 0 Å². The van der Waals surface area contributed by atoms with Crippen LogP contribution in [-0.4, -0.2) is 54.2 Å². The summed E-state index contributed by atoms with van der Waals surface area (Å²) in [6, 6.07) is 4.04. The third-order valence-electron chi connectivity index (χ3n) is 3.51. The molecule has 98 valence electrons. The molecule has 5 heteroatoms. The van der Waals surface area contributed by atoms with Crippen LogP contribution in [0.1, 0.15) is 23.2 Å². The van der Waals surface area contributed by atoms with Crippen LogP contribution in [0, 0.1) is 0 Å². The molecular formula is C13H19N3O2. The highest BCUT2D eigenvalue weighted by Crippen LogP contribution is 2.19. The zero-order valence-corrected chi connectivity index (χ0v) is 10.8. The first-order valence-electron chi connectivity index (χ1n) is 6.18. The minimum absolute atomic E-state index is 0.238. The number of aromatic carboxylic acids is 1. The monoisotopic (exact) mass is 249 g/mol. The topological polar surface area (TPSA) is 56.7 Å². The first kappa shape index (κ1) is 12.8. The highest BCUT2D eigenvalue weighted by atomic mass is 16.4. The zero-order valence-electron chi connectivity index (χ0n) is 10.8. The van der Waals surface area contributed by atoms with Crippen molar-refractivity contribution in [2.45, 2.75) is 18.9 Å². The highest BCUT2D eigenvalue weighted by molar-refractivity contribution is 5.87. The Hall–Kier alpha value is -1.62. The van der Waals surface area contributed by atoms with E-state index in [2.05, 4.69) is 28.9 Å². The van der Waals surface area contributed by atoms with E-state index >= 15 is 0 Å². The number of anilines is 1. The van der Waals surface area contributed by atoms with Crippen molar-refractivity contribution < 1.29 is 9.90 Å². The van der Waals surface area contributed by atoms with Gasteiger partial charge in [-0.15, -0.1) is 0 Å². The fourth-order valence-electron chi connectivity index (χ4n) is 2.31. The van der Waals surface area contributed by atoms with Crippen molar-refractivity contribution in [1.82, 2.24) is 9.88 Å². The molecule has 0 bridgehead atoms. The molecule has 0 amide bonds. The standard InChI is InChI=1S/C13H19N3O2/c1-15(2)11-5-7-16(8-6-11)12-4-3-10(9-14-12)13(17)18/h3-4,9,11H,5-8H2,1-2H3,(H,17,18). The van der Waals surface area contributed by atoms with E-state index in [1.165, 1.54) is 6.20 Å². The number of nitrogens with zero attached hydrogens (tertiary/aromatic N) is 3. The number of hydrogen-bond donors (Lipinski definition) is 1. The lowest BCUT2D eigenvalue weighted by Crippen LogP contribution is -2.42. The molecule has 1 aromatic heterocycles. The van der Waals surface area contributed by atoms with E-state index in [0.29, 0.717) is 6.04 Å². The van der Waals surface area contributed by atoms with Crippen molar-refractivity contribution in [3.05, 3.63) is 23.9 Å². The van der Waals surface area contributed by atoms with Crippen molar-refractivity contribution in [2.75, 3.05) is 32.1 Å². The van der Waals surface area contributed by atoms with Gasteiger partial charge in [0.15, 0.2) is 0 Å². The van der Waals surface area contributed by atoms with Gasteiger partial charge in [-0.25, -0.2) is 9.78 Å². The summed E-state index contributed by atoms with van der Waals surface area (Å²) >= 11 is 0. The predicted octanol–water partition coefficient (Wildman–Crippen LogP) is 1.31. The van der Waals surface area contributed by atoms with Gasteiger partial charge >= 0.3 is 5.97 Å². The Kier molecular flexibility index (Phi) is 3.81. The lowest BCUT2D eigenvalue weighted by Gasteiger charge is -2.35. The van der Waals surface area contributed by atoms with Gasteiger partial charge in [-0.3, -0.25) is 0 Å². The SMILES string of the molecule is CN(C)C1CCN(c2ccc(C(=O)O)cn2)CC1. The molecule has 0 radical (unpaired) electrons. The molecule has 0 spiro atoms. The molecular weight excluding hydrogens is 230 g/mol. The van der Waals surface area contributed by atoms with E-state index in [9.17, 15) is 4.79 Å². The Morgan fingerprint density at radius 3 is 2.50 bits per heavy atom. The average Bonchev–Trinajstić information content (AvgIpc) is 2.39. The maximum Gasteiger partial charge on any atom is 0.337 e. The summed E-state index contributed by atoms with van der Waals surface area (Å²) in [4.78, 5) is 19.4. The minimum atomic E-state index is -0.930. The van der Waals surface area contributed by atoms with E-state index < -0.39 is 5.97 Å². The summed E-state index contributed by atoms with van der Waals surface area (Å²) in [7, 11) is 4.22. The number of carbonyl (C=O) groups is 1. The maximum atomic E-state index is 10.7. The first-order valence-corrected chi connectivity index (χ1v) is 6.18. The van der Waals surface area contributed by atoms with Crippen LogP contribution in [0.5, 0.6) is 0 Å². The number of piperidine rings is 1. The molecule has 2 heterocycles. The molecule has 0 aromatic carbocycles. The van der Waals surface area contributed by atoms with E-state index in [-0.39, 0.29) is 5.56 Å². The zero-order chi connectivity index (χ0) is 13.1. The number of rotatable bonds is 3. The summed E-state index contributed by atoms with van der Waals surface area (Å²) in [6.45, 7) is 1.95. The Morgan fingerprint density at radius 2 is 2.06 bits per heavy atom. The largest absolute Gasteiger partial charge is 0.478 e. The Morgan fingerprint density at radius 1 is 1.39 bits per heavy atom. The lowest BCUT2D eigenvalue weighted by molar-refractivity contribution is 0.0696. The molecule has 5 nitrogen and oxygen atoms in total. The number of hydrogen-bond acceptors (Lipinski definition) is 4. The van der Waals surface area contributed by atoms with Crippen LogP contribution in [-0.2, 0) is 0 Å². The summed E-state index contributed by atoms with van der Waals surface area (Å²) in [5, 5.41) is 8.82. The van der Waals surface area contributed by atoms with Crippen LogP contribution in [0.15, 0.2) is 18.3 Å². The number of aromatic nitrogens is 1. The molecule has 1 N–H and O–H groups in total. The van der Waals surface area contributed by atoms with Gasteiger partial charge in [-0.2, -0.15) is 0 Å². The van der Waals surface area contributed by atoms with Crippen molar-refractivity contribution >= 4 is 11.8 Å². The normalized spacial score (nSPS) is 17.2. The van der Waals surface area contributed by atoms with Gasteiger partial charge in [0.05, 0.1) is 5.56 Å². The summed E-state index contributed by atoms with van der Waals surface area (Å²) < 4.78 is 0. The third-order valence-corrected chi connectivity index (χ3v) is 3.51. The van der Waals surface area contributed by atoms with Crippen LogP contribution in [0.4, 0.5) is 5.82 Å². The van der Waals surface area contributed by atoms with Gasteiger partial charge < -0.3 is 14.9 Å². The number of carboxylic acids is 1. The molecule has 0 atom stereocenters. The Labute approximate surface area is 107 Å². The smallest absolute Gasteiger partial charge is 0.337 e.